The van der Waals surface area contributed by atoms with Gasteiger partial charge in [-0.1, -0.05) is 33.1 Å². The molecule has 3 amide bonds. The van der Waals surface area contributed by atoms with E-state index < -0.39 is 35.6 Å². The van der Waals surface area contributed by atoms with Gasteiger partial charge in [0.1, 0.15) is 5.76 Å². The van der Waals surface area contributed by atoms with Crippen LogP contribution >= 0.6 is 0 Å². The molecule has 1 unspecified atom stereocenters. The average molecular weight is 550 g/mol. The number of hydrogen-bond donors (Lipinski definition) is 3. The van der Waals surface area contributed by atoms with Crippen LogP contribution in [0.15, 0.2) is 28.7 Å². The average Bonchev–Trinajstić information content (AvgIpc) is 3.43. The highest BCUT2D eigenvalue weighted by Crippen LogP contribution is 2.31. The summed E-state index contributed by atoms with van der Waals surface area (Å²) in [4.78, 5) is 48.6. The number of nitrogens with one attached hydrogen (secondary N) is 2. The normalized spacial score (nSPS) is 12.3. The zero-order valence-corrected chi connectivity index (χ0v) is 22.6. The number of nitrogens with zero attached hydrogens (tertiary/aromatic N) is 1. The first kappa shape index (κ1) is 31.3. The Morgan fingerprint density at radius 1 is 1.15 bits per heavy atom. The van der Waals surface area contributed by atoms with Crippen molar-refractivity contribution in [3.63, 3.8) is 0 Å². The Labute approximate surface area is 226 Å². The zero-order valence-electron chi connectivity index (χ0n) is 22.6. The van der Waals surface area contributed by atoms with Crippen molar-refractivity contribution >= 4 is 24.2 Å². The highest BCUT2D eigenvalue weighted by atomic mass is 19.1. The van der Waals surface area contributed by atoms with Crippen molar-refractivity contribution < 1.29 is 42.7 Å². The van der Waals surface area contributed by atoms with E-state index in [4.69, 9.17) is 9.15 Å². The fourth-order valence-corrected chi connectivity index (χ4v) is 4.15. The van der Waals surface area contributed by atoms with Gasteiger partial charge < -0.3 is 24.5 Å². The van der Waals surface area contributed by atoms with Gasteiger partial charge in [0.05, 0.1) is 37.9 Å². The second-order valence-corrected chi connectivity index (χ2v) is 8.71. The number of carbonyl (C=O) groups is 4. The van der Waals surface area contributed by atoms with Gasteiger partial charge in [0.15, 0.2) is 17.3 Å². The molecule has 2 aromatic rings. The number of hydrogen-bond acceptors (Lipinski definition) is 8. The van der Waals surface area contributed by atoms with Crippen LogP contribution in [0.5, 0.6) is 5.75 Å². The van der Waals surface area contributed by atoms with Crippen molar-refractivity contribution in [2.75, 3.05) is 20.4 Å². The zero-order chi connectivity index (χ0) is 28.9. The van der Waals surface area contributed by atoms with Crippen molar-refractivity contribution in [2.24, 2.45) is 5.92 Å². The summed E-state index contributed by atoms with van der Waals surface area (Å²) in [6, 6.07) is 4.75. The number of halogens is 1. The molecule has 0 radical (unpaired) electrons. The molecular formula is C27H36FN3O8. The first-order valence-electron chi connectivity index (χ1n) is 12.8. The smallest absolute Gasteiger partial charge is 0.341 e. The quantitative estimate of drug-likeness (QED) is 0.0713. The molecular weight excluding hydrogens is 513 g/mol. The lowest BCUT2D eigenvalue weighted by molar-refractivity contribution is -0.168. The molecule has 0 bridgehead atoms. The van der Waals surface area contributed by atoms with E-state index in [1.807, 2.05) is 6.92 Å². The highest BCUT2D eigenvalue weighted by Gasteiger charge is 2.30. The maximum Gasteiger partial charge on any atom is 0.341 e. The number of esters is 1. The Morgan fingerprint density at radius 2 is 1.90 bits per heavy atom. The summed E-state index contributed by atoms with van der Waals surface area (Å²) in [6.07, 6.45) is 3.69. The molecule has 1 aromatic carbocycles. The predicted molar refractivity (Wildman–Crippen MR) is 138 cm³/mol. The third kappa shape index (κ3) is 8.28. The third-order valence-corrected chi connectivity index (χ3v) is 6.16. The van der Waals surface area contributed by atoms with Crippen LogP contribution in [0.1, 0.15) is 73.8 Å². The minimum Gasteiger partial charge on any atom is -0.491 e. The number of unbranched alkanes of at least 4 members (excludes halogenated alkanes) is 2. The van der Waals surface area contributed by atoms with E-state index in [-0.39, 0.29) is 48.1 Å². The van der Waals surface area contributed by atoms with Crippen LogP contribution in [-0.4, -0.2) is 60.9 Å². The molecule has 0 aliphatic heterocycles. The minimum absolute atomic E-state index is 0.0884. The number of methoxy groups -OCH3 is 1. The van der Waals surface area contributed by atoms with Gasteiger partial charge in [0.2, 0.25) is 12.3 Å². The lowest BCUT2D eigenvalue weighted by Crippen LogP contribution is -2.47. The molecule has 0 spiro atoms. The van der Waals surface area contributed by atoms with Gasteiger partial charge in [0, 0.05) is 5.56 Å². The van der Waals surface area contributed by atoms with Gasteiger partial charge >= 0.3 is 5.97 Å². The molecule has 11 nitrogen and oxygen atoms in total. The molecule has 0 saturated heterocycles. The molecule has 0 fully saturated rings. The van der Waals surface area contributed by atoms with Crippen LogP contribution in [0.4, 0.5) is 4.39 Å². The molecule has 0 aliphatic rings. The number of hydroxylamine groups is 2. The molecule has 0 saturated carbocycles. The Kier molecular flexibility index (Phi) is 12.4. The monoisotopic (exact) mass is 549 g/mol. The predicted octanol–water partition coefficient (Wildman–Crippen LogP) is 3.90. The van der Waals surface area contributed by atoms with Crippen LogP contribution in [0, 0.1) is 11.7 Å². The number of rotatable bonds is 16. The molecule has 1 heterocycles. The van der Waals surface area contributed by atoms with Crippen LogP contribution < -0.4 is 15.4 Å². The van der Waals surface area contributed by atoms with Crippen molar-refractivity contribution in [1.82, 2.24) is 15.7 Å². The highest BCUT2D eigenvalue weighted by molar-refractivity contribution is 5.93. The molecule has 1 aromatic heterocycles. The van der Waals surface area contributed by atoms with Gasteiger partial charge in [-0.15, -0.1) is 0 Å². The molecule has 3 N–H and O–H groups in total. The standard InChI is InChI=1S/C27H36FN3O8/c1-5-8-9-10-18(20(6-2)31(36)16-32)25(33)29-15-30-26(34)22-12-11-21(39-22)17-13-19(27(35)37-4)24(28)23(14-17)38-7-3/h11-14,16,18,20,36H,5-10,15H2,1-4H3,(H,29,33)(H,30,34)/t18?,20-/m1/s1. The number of furan rings is 1. The Morgan fingerprint density at radius 3 is 2.51 bits per heavy atom. The summed E-state index contributed by atoms with van der Waals surface area (Å²) in [6.45, 7) is 5.38. The van der Waals surface area contributed by atoms with Gasteiger partial charge in [-0.05, 0) is 44.0 Å². The van der Waals surface area contributed by atoms with Crippen molar-refractivity contribution in [3.8, 4) is 17.1 Å². The van der Waals surface area contributed by atoms with Crippen LogP contribution in [0.2, 0.25) is 0 Å². The van der Waals surface area contributed by atoms with Gasteiger partial charge in [0.25, 0.3) is 5.91 Å². The van der Waals surface area contributed by atoms with Gasteiger partial charge in [-0.25, -0.2) is 14.2 Å². The Bertz CT molecular complexity index is 1140. The van der Waals surface area contributed by atoms with Gasteiger partial charge in [-0.3, -0.25) is 19.6 Å². The van der Waals surface area contributed by atoms with Crippen molar-refractivity contribution in [2.45, 2.75) is 58.9 Å². The molecule has 2 atom stereocenters. The molecule has 214 valence electrons. The maximum atomic E-state index is 14.6. The summed E-state index contributed by atoms with van der Waals surface area (Å²) in [7, 11) is 1.13. The Hall–Kier alpha value is -3.93. The Balaban J connectivity index is 2.11. The second-order valence-electron chi connectivity index (χ2n) is 8.71. The minimum atomic E-state index is -0.897. The van der Waals surface area contributed by atoms with E-state index in [1.54, 1.807) is 13.8 Å². The van der Waals surface area contributed by atoms with E-state index in [0.717, 1.165) is 26.4 Å². The SMILES string of the molecule is CCCCCC(C(=O)NCNC(=O)c1ccc(-c2cc(OCC)c(F)c(C(=O)OC)c2)o1)[C@@H](CC)N(O)C=O. The lowest BCUT2D eigenvalue weighted by Gasteiger charge is -2.29. The van der Waals surface area contributed by atoms with E-state index >= 15 is 0 Å². The summed E-state index contributed by atoms with van der Waals surface area (Å²) in [5.41, 5.74) is -0.0599. The third-order valence-electron chi connectivity index (χ3n) is 6.16. The molecule has 0 aliphatic carbocycles. The first-order chi connectivity index (χ1) is 18.7. The molecule has 2 rings (SSSR count). The number of carbonyl (C=O) groups excluding carboxylic acids is 4. The van der Waals surface area contributed by atoms with E-state index in [2.05, 4.69) is 15.4 Å². The number of amides is 3. The van der Waals surface area contributed by atoms with E-state index in [1.165, 1.54) is 24.3 Å². The number of ether oxygens (including phenoxy) is 2. The second kappa shape index (κ2) is 15.5. The van der Waals surface area contributed by atoms with Crippen LogP contribution in [0.3, 0.4) is 0 Å². The summed E-state index contributed by atoms with van der Waals surface area (Å²) < 4.78 is 30.1. The molecule has 39 heavy (non-hydrogen) atoms. The fourth-order valence-electron chi connectivity index (χ4n) is 4.15. The lowest BCUT2D eigenvalue weighted by atomic mass is 9.90. The van der Waals surface area contributed by atoms with Crippen LogP contribution in [-0.2, 0) is 14.3 Å². The first-order valence-corrected chi connectivity index (χ1v) is 12.8. The van der Waals surface area contributed by atoms with Crippen molar-refractivity contribution in [1.29, 1.82) is 0 Å². The van der Waals surface area contributed by atoms with E-state index in [9.17, 15) is 28.8 Å². The van der Waals surface area contributed by atoms with Gasteiger partial charge in [-0.2, -0.15) is 0 Å². The van der Waals surface area contributed by atoms with Crippen LogP contribution in [0.25, 0.3) is 11.3 Å². The summed E-state index contributed by atoms with van der Waals surface area (Å²) in [5, 5.41) is 15.6. The summed E-state index contributed by atoms with van der Waals surface area (Å²) >= 11 is 0. The fraction of sp³-hybridized carbons (Fsp3) is 0.481. The maximum absolute atomic E-state index is 14.6. The summed E-state index contributed by atoms with van der Waals surface area (Å²) in [5.74, 6) is -3.56. The number of benzene rings is 1. The van der Waals surface area contributed by atoms with E-state index in [0.29, 0.717) is 17.9 Å². The van der Waals surface area contributed by atoms with Crippen molar-refractivity contribution in [3.05, 3.63) is 41.4 Å². The molecule has 12 heteroatoms. The largest absolute Gasteiger partial charge is 0.491 e. The topological polar surface area (TPSA) is 147 Å².